The lowest BCUT2D eigenvalue weighted by molar-refractivity contribution is -0.137. The standard InChI is InChI=1S/C28H29F3N2O2/c1-20-6-5-7-24(18-20)33(27(34)25-8-3-4-9-26(25)35-2)23-14-16-32(17-15-23)19-21-10-12-22(13-11-21)28(29,30)31/h3-13,18,23H,14-17,19H2,1-2H3. The molecule has 0 aliphatic carbocycles. The molecule has 1 aliphatic heterocycles. The van der Waals surface area contributed by atoms with Crippen LogP contribution in [-0.4, -0.2) is 37.0 Å². The average Bonchev–Trinajstić information content (AvgIpc) is 2.85. The Balaban J connectivity index is 1.50. The van der Waals surface area contributed by atoms with E-state index >= 15 is 0 Å². The number of anilines is 1. The largest absolute Gasteiger partial charge is 0.496 e. The number of aryl methyl sites for hydroxylation is 1. The molecule has 0 unspecified atom stereocenters. The molecule has 7 heteroatoms. The molecule has 1 amide bonds. The number of methoxy groups -OCH3 is 1. The highest BCUT2D eigenvalue weighted by Crippen LogP contribution is 2.31. The second kappa shape index (κ2) is 10.5. The smallest absolute Gasteiger partial charge is 0.416 e. The molecule has 0 radical (unpaired) electrons. The highest BCUT2D eigenvalue weighted by Gasteiger charge is 2.32. The molecule has 35 heavy (non-hydrogen) atoms. The predicted octanol–water partition coefficient (Wildman–Crippen LogP) is 6.33. The van der Waals surface area contributed by atoms with Crippen LogP contribution in [0.4, 0.5) is 18.9 Å². The van der Waals surface area contributed by atoms with E-state index < -0.39 is 11.7 Å². The summed E-state index contributed by atoms with van der Waals surface area (Å²) < 4.78 is 44.0. The number of carbonyl (C=O) groups excluding carboxylic acids is 1. The van der Waals surface area contributed by atoms with E-state index in [1.165, 1.54) is 0 Å². The van der Waals surface area contributed by atoms with Crippen molar-refractivity contribution in [3.63, 3.8) is 0 Å². The lowest BCUT2D eigenvalue weighted by Gasteiger charge is -2.39. The minimum atomic E-state index is -4.33. The monoisotopic (exact) mass is 482 g/mol. The van der Waals surface area contributed by atoms with Gasteiger partial charge in [0, 0.05) is 31.4 Å². The maximum atomic E-state index is 13.8. The third kappa shape index (κ3) is 5.85. The molecule has 0 N–H and O–H groups in total. The van der Waals surface area contributed by atoms with Gasteiger partial charge in [0.25, 0.3) is 5.91 Å². The Morgan fingerprint density at radius 1 is 1.00 bits per heavy atom. The SMILES string of the molecule is COc1ccccc1C(=O)N(c1cccc(C)c1)C1CCN(Cc2ccc(C(F)(F)F)cc2)CC1. The summed E-state index contributed by atoms with van der Waals surface area (Å²) in [5, 5.41) is 0. The maximum absolute atomic E-state index is 13.8. The first kappa shape index (κ1) is 24.8. The number of rotatable bonds is 6. The second-order valence-corrected chi connectivity index (χ2v) is 8.92. The molecule has 0 saturated carbocycles. The number of amides is 1. The van der Waals surface area contributed by atoms with E-state index in [0.717, 1.165) is 54.9 Å². The number of halogens is 3. The molecule has 1 aliphatic rings. The summed E-state index contributed by atoms with van der Waals surface area (Å²) in [5.41, 5.74) is 2.64. The topological polar surface area (TPSA) is 32.8 Å². The van der Waals surface area contributed by atoms with Crippen LogP contribution in [0.2, 0.25) is 0 Å². The van der Waals surface area contributed by atoms with Gasteiger partial charge in [0.05, 0.1) is 18.2 Å². The number of benzene rings is 3. The van der Waals surface area contributed by atoms with Gasteiger partial charge in [-0.2, -0.15) is 13.2 Å². The number of carbonyl (C=O) groups is 1. The Kier molecular flexibility index (Phi) is 7.45. The highest BCUT2D eigenvalue weighted by molar-refractivity contribution is 6.08. The van der Waals surface area contributed by atoms with E-state index in [1.54, 1.807) is 31.4 Å². The van der Waals surface area contributed by atoms with Crippen LogP contribution >= 0.6 is 0 Å². The quantitative estimate of drug-likeness (QED) is 0.411. The van der Waals surface area contributed by atoms with E-state index in [0.29, 0.717) is 17.9 Å². The van der Waals surface area contributed by atoms with Crippen LogP contribution in [0.3, 0.4) is 0 Å². The van der Waals surface area contributed by atoms with Crippen LogP contribution < -0.4 is 9.64 Å². The van der Waals surface area contributed by atoms with Crippen molar-refractivity contribution in [2.45, 2.75) is 38.5 Å². The number of likely N-dealkylation sites (tertiary alicyclic amines) is 1. The van der Waals surface area contributed by atoms with Gasteiger partial charge < -0.3 is 9.64 Å². The lowest BCUT2D eigenvalue weighted by atomic mass is 9.99. The fourth-order valence-corrected chi connectivity index (χ4v) is 4.62. The van der Waals surface area contributed by atoms with Gasteiger partial charge in [0.1, 0.15) is 5.75 Å². The van der Waals surface area contributed by atoms with Gasteiger partial charge >= 0.3 is 6.18 Å². The second-order valence-electron chi connectivity index (χ2n) is 8.92. The third-order valence-electron chi connectivity index (χ3n) is 6.45. The van der Waals surface area contributed by atoms with E-state index in [2.05, 4.69) is 4.90 Å². The molecule has 184 valence electrons. The molecular formula is C28H29F3N2O2. The zero-order valence-corrected chi connectivity index (χ0v) is 19.9. The van der Waals surface area contributed by atoms with Gasteiger partial charge in [-0.1, -0.05) is 36.4 Å². The Morgan fingerprint density at radius 2 is 1.69 bits per heavy atom. The van der Waals surface area contributed by atoms with E-state index in [4.69, 9.17) is 4.74 Å². The summed E-state index contributed by atoms with van der Waals surface area (Å²) >= 11 is 0. The van der Waals surface area contributed by atoms with Crippen molar-refractivity contribution < 1.29 is 22.7 Å². The average molecular weight is 483 g/mol. The summed E-state index contributed by atoms with van der Waals surface area (Å²) in [6.07, 6.45) is -2.81. The highest BCUT2D eigenvalue weighted by atomic mass is 19.4. The number of ether oxygens (including phenoxy) is 1. The molecule has 0 bridgehead atoms. The van der Waals surface area contributed by atoms with Crippen molar-refractivity contribution in [2.24, 2.45) is 0 Å². The molecule has 3 aromatic carbocycles. The number of para-hydroxylation sites is 1. The van der Waals surface area contributed by atoms with Crippen molar-refractivity contribution in [3.8, 4) is 5.75 Å². The van der Waals surface area contributed by atoms with Crippen LogP contribution in [0.25, 0.3) is 0 Å². The van der Waals surface area contributed by atoms with Gasteiger partial charge in [-0.3, -0.25) is 9.69 Å². The zero-order chi connectivity index (χ0) is 25.0. The summed E-state index contributed by atoms with van der Waals surface area (Å²) in [5.74, 6) is 0.434. The molecule has 1 saturated heterocycles. The van der Waals surface area contributed by atoms with Crippen LogP contribution in [0.15, 0.2) is 72.8 Å². The minimum Gasteiger partial charge on any atom is -0.496 e. The van der Waals surface area contributed by atoms with Crippen LogP contribution in [0, 0.1) is 6.92 Å². The molecule has 3 aromatic rings. The van der Waals surface area contributed by atoms with Gasteiger partial charge in [-0.25, -0.2) is 0 Å². The number of hydrogen-bond acceptors (Lipinski definition) is 3. The van der Waals surface area contributed by atoms with Crippen molar-refractivity contribution in [3.05, 3.63) is 95.1 Å². The van der Waals surface area contributed by atoms with Crippen LogP contribution in [0.1, 0.15) is 39.9 Å². The number of alkyl halides is 3. The molecular weight excluding hydrogens is 453 g/mol. The molecule has 1 fully saturated rings. The summed E-state index contributed by atoms with van der Waals surface area (Å²) in [7, 11) is 1.56. The first-order valence-electron chi connectivity index (χ1n) is 11.7. The van der Waals surface area contributed by atoms with Crippen molar-refractivity contribution in [2.75, 3.05) is 25.1 Å². The van der Waals surface area contributed by atoms with Crippen LogP contribution in [0.5, 0.6) is 5.75 Å². The normalized spacial score (nSPS) is 15.1. The Bertz CT molecular complexity index is 1150. The van der Waals surface area contributed by atoms with E-state index in [9.17, 15) is 18.0 Å². The molecule has 4 rings (SSSR count). The summed E-state index contributed by atoms with van der Waals surface area (Å²) in [4.78, 5) is 17.9. The molecule has 1 heterocycles. The fourth-order valence-electron chi connectivity index (χ4n) is 4.62. The van der Waals surface area contributed by atoms with Crippen molar-refractivity contribution >= 4 is 11.6 Å². The molecule has 0 aromatic heterocycles. The molecule has 4 nitrogen and oxygen atoms in total. The Hall–Kier alpha value is -3.32. The first-order valence-corrected chi connectivity index (χ1v) is 11.7. The predicted molar refractivity (Wildman–Crippen MR) is 131 cm³/mol. The van der Waals surface area contributed by atoms with Gasteiger partial charge in [0.15, 0.2) is 0 Å². The fraction of sp³-hybridized carbons (Fsp3) is 0.321. The number of nitrogens with zero attached hydrogens (tertiary/aromatic N) is 2. The molecule has 0 spiro atoms. The lowest BCUT2D eigenvalue weighted by Crippen LogP contribution is -2.47. The van der Waals surface area contributed by atoms with E-state index in [-0.39, 0.29) is 11.9 Å². The number of piperidine rings is 1. The third-order valence-corrected chi connectivity index (χ3v) is 6.45. The number of hydrogen-bond donors (Lipinski definition) is 0. The van der Waals surface area contributed by atoms with E-state index in [1.807, 2.05) is 48.2 Å². The first-order chi connectivity index (χ1) is 16.8. The van der Waals surface area contributed by atoms with Crippen molar-refractivity contribution in [1.29, 1.82) is 0 Å². The van der Waals surface area contributed by atoms with Gasteiger partial charge in [-0.15, -0.1) is 0 Å². The van der Waals surface area contributed by atoms with Gasteiger partial charge in [0.2, 0.25) is 0 Å². The van der Waals surface area contributed by atoms with Gasteiger partial charge in [-0.05, 0) is 67.3 Å². The summed E-state index contributed by atoms with van der Waals surface area (Å²) in [6.45, 7) is 4.07. The maximum Gasteiger partial charge on any atom is 0.416 e. The van der Waals surface area contributed by atoms with Crippen molar-refractivity contribution in [1.82, 2.24) is 4.90 Å². The Morgan fingerprint density at radius 3 is 2.31 bits per heavy atom. The Labute approximate surface area is 203 Å². The van der Waals surface area contributed by atoms with Crippen LogP contribution in [-0.2, 0) is 12.7 Å². The summed E-state index contributed by atoms with van der Waals surface area (Å²) in [6, 6.07) is 20.5. The zero-order valence-electron chi connectivity index (χ0n) is 19.9. The molecule has 0 atom stereocenters. The minimum absolute atomic E-state index is 0.00179.